The largest absolute Gasteiger partial charge is 0.383 e. The fourth-order valence-corrected chi connectivity index (χ4v) is 3.21. The minimum Gasteiger partial charge on any atom is -0.383 e. The maximum Gasteiger partial charge on any atom is 0.259 e. The number of morpholine rings is 1. The molecule has 0 bridgehead atoms. The predicted molar refractivity (Wildman–Crippen MR) is 80.5 cm³/mol. The van der Waals surface area contributed by atoms with Gasteiger partial charge in [0, 0.05) is 38.3 Å². The molecule has 7 heteroatoms. The molecular formula is C15H21N5O2. The quantitative estimate of drug-likeness (QED) is 0.834. The van der Waals surface area contributed by atoms with Crippen LogP contribution in [0.4, 0.5) is 5.82 Å². The summed E-state index contributed by atoms with van der Waals surface area (Å²) in [6.45, 7) is 4.72. The highest BCUT2D eigenvalue weighted by Crippen LogP contribution is 2.38. The number of nitrogens with zero attached hydrogens (tertiary/aromatic N) is 4. The van der Waals surface area contributed by atoms with Crippen LogP contribution >= 0.6 is 0 Å². The van der Waals surface area contributed by atoms with E-state index in [1.807, 2.05) is 4.90 Å². The fraction of sp³-hybridized carbons (Fsp3) is 0.667. The average molecular weight is 303 g/mol. The summed E-state index contributed by atoms with van der Waals surface area (Å²) in [6, 6.07) is 0.291. The number of hydrogen-bond acceptors (Lipinski definition) is 6. The SMILES string of the molecule is Nc1nc(C2CC2)ncc1C(=O)N1CCN2CCOCC2C1. The summed E-state index contributed by atoms with van der Waals surface area (Å²) in [5, 5.41) is 0. The molecule has 4 rings (SSSR count). The lowest BCUT2D eigenvalue weighted by atomic mass is 10.1. The molecule has 1 amide bonds. The van der Waals surface area contributed by atoms with E-state index in [-0.39, 0.29) is 5.91 Å². The number of nitrogen functional groups attached to an aromatic ring is 1. The third kappa shape index (κ3) is 2.55. The molecule has 2 N–H and O–H groups in total. The first-order chi connectivity index (χ1) is 10.7. The molecule has 3 aliphatic rings. The molecule has 2 saturated heterocycles. The minimum absolute atomic E-state index is 0.0647. The maximum atomic E-state index is 12.7. The topological polar surface area (TPSA) is 84.6 Å². The summed E-state index contributed by atoms with van der Waals surface area (Å²) in [6.07, 6.45) is 3.84. The van der Waals surface area contributed by atoms with Crippen molar-refractivity contribution < 1.29 is 9.53 Å². The second-order valence-electron chi connectivity index (χ2n) is 6.32. The zero-order chi connectivity index (χ0) is 15.1. The van der Waals surface area contributed by atoms with Crippen molar-refractivity contribution in [2.75, 3.05) is 45.1 Å². The van der Waals surface area contributed by atoms with Gasteiger partial charge in [0.05, 0.1) is 19.3 Å². The molecule has 0 radical (unpaired) electrons. The number of nitrogens with two attached hydrogens (primary N) is 1. The standard InChI is InChI=1S/C15H21N5O2/c16-13-12(7-17-14(18-13)10-1-2-10)15(21)20-4-3-19-5-6-22-9-11(19)8-20/h7,10-11H,1-6,8-9H2,(H2,16,17,18). The van der Waals surface area contributed by atoms with E-state index in [2.05, 4.69) is 14.9 Å². The van der Waals surface area contributed by atoms with Crippen LogP contribution in [0.25, 0.3) is 0 Å². The van der Waals surface area contributed by atoms with Crippen LogP contribution in [-0.4, -0.2) is 71.1 Å². The molecule has 7 nitrogen and oxygen atoms in total. The van der Waals surface area contributed by atoms with Crippen molar-refractivity contribution >= 4 is 11.7 Å². The number of amides is 1. The Morgan fingerprint density at radius 3 is 2.95 bits per heavy atom. The maximum absolute atomic E-state index is 12.7. The number of anilines is 1. The van der Waals surface area contributed by atoms with Crippen molar-refractivity contribution in [2.45, 2.75) is 24.8 Å². The van der Waals surface area contributed by atoms with E-state index in [0.717, 1.165) is 44.9 Å². The second-order valence-corrected chi connectivity index (χ2v) is 6.32. The van der Waals surface area contributed by atoms with Crippen LogP contribution in [0.1, 0.15) is 34.9 Å². The van der Waals surface area contributed by atoms with Gasteiger partial charge >= 0.3 is 0 Å². The lowest BCUT2D eigenvalue weighted by Gasteiger charge is -2.43. The molecule has 1 unspecified atom stereocenters. The monoisotopic (exact) mass is 303 g/mol. The van der Waals surface area contributed by atoms with Gasteiger partial charge in [0.25, 0.3) is 5.91 Å². The van der Waals surface area contributed by atoms with E-state index in [0.29, 0.717) is 36.5 Å². The lowest BCUT2D eigenvalue weighted by Crippen LogP contribution is -2.59. The summed E-state index contributed by atoms with van der Waals surface area (Å²) in [4.78, 5) is 25.6. The number of piperazine rings is 1. The summed E-state index contributed by atoms with van der Waals surface area (Å²) < 4.78 is 5.52. The van der Waals surface area contributed by atoms with Gasteiger partial charge in [-0.25, -0.2) is 9.97 Å². The first kappa shape index (κ1) is 13.9. The Bertz CT molecular complexity index is 589. The normalized spacial score (nSPS) is 25.8. The fourth-order valence-electron chi connectivity index (χ4n) is 3.21. The second kappa shape index (κ2) is 5.48. The number of carbonyl (C=O) groups excluding carboxylic acids is 1. The Morgan fingerprint density at radius 1 is 1.32 bits per heavy atom. The Morgan fingerprint density at radius 2 is 2.18 bits per heavy atom. The van der Waals surface area contributed by atoms with Crippen LogP contribution < -0.4 is 5.73 Å². The summed E-state index contributed by atoms with van der Waals surface area (Å²) in [5.41, 5.74) is 6.42. The number of aromatic nitrogens is 2. The van der Waals surface area contributed by atoms with Gasteiger partial charge in [-0.1, -0.05) is 0 Å². The molecule has 2 aliphatic heterocycles. The van der Waals surface area contributed by atoms with Crippen LogP contribution in [0.2, 0.25) is 0 Å². The van der Waals surface area contributed by atoms with Gasteiger partial charge in [0.2, 0.25) is 0 Å². The Kier molecular flexibility index (Phi) is 3.46. The molecule has 1 aromatic rings. The van der Waals surface area contributed by atoms with Gasteiger partial charge in [-0.15, -0.1) is 0 Å². The van der Waals surface area contributed by atoms with Gasteiger partial charge in [-0.2, -0.15) is 0 Å². The molecule has 1 atom stereocenters. The van der Waals surface area contributed by atoms with Gasteiger partial charge < -0.3 is 15.4 Å². The van der Waals surface area contributed by atoms with Crippen LogP contribution in [0.15, 0.2) is 6.20 Å². The summed E-state index contributed by atoms with van der Waals surface area (Å²) >= 11 is 0. The molecule has 118 valence electrons. The highest BCUT2D eigenvalue weighted by molar-refractivity contribution is 5.98. The molecule has 1 aliphatic carbocycles. The minimum atomic E-state index is -0.0647. The summed E-state index contributed by atoms with van der Waals surface area (Å²) in [5.74, 6) is 1.46. The zero-order valence-electron chi connectivity index (χ0n) is 12.6. The van der Waals surface area contributed by atoms with Crippen molar-refractivity contribution in [3.05, 3.63) is 17.6 Å². The Labute approximate surface area is 129 Å². The molecule has 0 aromatic carbocycles. The van der Waals surface area contributed by atoms with E-state index < -0.39 is 0 Å². The first-order valence-electron chi connectivity index (χ1n) is 7.96. The van der Waals surface area contributed by atoms with E-state index in [1.165, 1.54) is 0 Å². The number of carbonyl (C=O) groups is 1. The molecule has 3 heterocycles. The lowest BCUT2D eigenvalue weighted by molar-refractivity contribution is -0.0394. The average Bonchev–Trinajstić information content (AvgIpc) is 3.38. The van der Waals surface area contributed by atoms with Crippen LogP contribution in [0.3, 0.4) is 0 Å². The third-order valence-electron chi connectivity index (χ3n) is 4.73. The van der Waals surface area contributed by atoms with E-state index in [1.54, 1.807) is 6.20 Å². The van der Waals surface area contributed by atoms with Gasteiger partial charge in [-0.05, 0) is 12.8 Å². The van der Waals surface area contributed by atoms with E-state index >= 15 is 0 Å². The Balaban J connectivity index is 1.49. The molecule has 1 saturated carbocycles. The highest BCUT2D eigenvalue weighted by atomic mass is 16.5. The highest BCUT2D eigenvalue weighted by Gasteiger charge is 2.33. The molecular weight excluding hydrogens is 282 g/mol. The van der Waals surface area contributed by atoms with Crippen molar-refractivity contribution in [1.82, 2.24) is 19.8 Å². The first-order valence-corrected chi connectivity index (χ1v) is 7.96. The van der Waals surface area contributed by atoms with E-state index in [9.17, 15) is 4.79 Å². The van der Waals surface area contributed by atoms with Gasteiger partial charge in [0.15, 0.2) is 0 Å². The number of ether oxygens (including phenoxy) is 1. The Hall–Kier alpha value is -1.73. The smallest absolute Gasteiger partial charge is 0.259 e. The molecule has 0 spiro atoms. The van der Waals surface area contributed by atoms with Crippen molar-refractivity contribution in [3.63, 3.8) is 0 Å². The number of fused-ring (bicyclic) bond motifs is 1. The molecule has 1 aromatic heterocycles. The van der Waals surface area contributed by atoms with E-state index in [4.69, 9.17) is 10.5 Å². The summed E-state index contributed by atoms with van der Waals surface area (Å²) in [7, 11) is 0. The van der Waals surface area contributed by atoms with Crippen molar-refractivity contribution in [3.8, 4) is 0 Å². The molecule has 3 fully saturated rings. The van der Waals surface area contributed by atoms with Crippen LogP contribution in [-0.2, 0) is 4.74 Å². The van der Waals surface area contributed by atoms with Crippen LogP contribution in [0.5, 0.6) is 0 Å². The van der Waals surface area contributed by atoms with Crippen molar-refractivity contribution in [2.24, 2.45) is 0 Å². The van der Waals surface area contributed by atoms with Crippen LogP contribution in [0, 0.1) is 0 Å². The van der Waals surface area contributed by atoms with Gasteiger partial charge in [0.1, 0.15) is 17.2 Å². The van der Waals surface area contributed by atoms with Crippen molar-refractivity contribution in [1.29, 1.82) is 0 Å². The zero-order valence-corrected chi connectivity index (χ0v) is 12.6. The number of hydrogen-bond donors (Lipinski definition) is 1. The molecule has 22 heavy (non-hydrogen) atoms. The third-order valence-corrected chi connectivity index (χ3v) is 4.73. The van der Waals surface area contributed by atoms with Gasteiger partial charge in [-0.3, -0.25) is 9.69 Å². The predicted octanol–water partition coefficient (Wildman–Crippen LogP) is 0.0928. The number of rotatable bonds is 2.